The number of amides is 1. The number of hydrogen-bond donors (Lipinski definition) is 3. The summed E-state index contributed by atoms with van der Waals surface area (Å²) in [6.07, 6.45) is 13.8. The lowest BCUT2D eigenvalue weighted by atomic mass is 9.61. The average Bonchev–Trinajstić information content (AvgIpc) is 3.83. The number of halogens is 2. The molecular formula is C39H54Cl2N6O6. The van der Waals surface area contributed by atoms with E-state index in [1.165, 1.54) is 45.6 Å². The topological polar surface area (TPSA) is 156 Å². The number of benzene rings is 2. The Morgan fingerprint density at radius 2 is 1.43 bits per heavy atom. The molecule has 14 heteroatoms. The molecule has 290 valence electrons. The molecule has 1 amide bonds. The Balaban J connectivity index is 0.000000169. The maximum Gasteiger partial charge on any atom is 0.344 e. The number of carbonyl (C=O) groups excluding carboxylic acids is 1. The van der Waals surface area contributed by atoms with E-state index >= 15 is 0 Å². The number of likely N-dealkylation sites (N-methyl/N-ethyl adjacent to an activating group) is 2. The maximum absolute atomic E-state index is 11.1. The third-order valence-electron chi connectivity index (χ3n) is 11.7. The number of hydrazine groups is 1. The van der Waals surface area contributed by atoms with Crippen molar-refractivity contribution >= 4 is 28.8 Å². The lowest BCUT2D eigenvalue weighted by Gasteiger charge is -2.44. The number of carboxylic acid groups (broad SMARTS) is 1. The summed E-state index contributed by atoms with van der Waals surface area (Å²) >= 11 is 5.78. The predicted molar refractivity (Wildman–Crippen MR) is 200 cm³/mol. The van der Waals surface area contributed by atoms with E-state index in [-0.39, 0.29) is 29.1 Å². The molecule has 6 aliphatic carbocycles. The fraction of sp³-hybridized carbons (Fsp3) is 0.564. The van der Waals surface area contributed by atoms with E-state index in [4.69, 9.17) is 36.4 Å². The molecule has 6 saturated carbocycles. The van der Waals surface area contributed by atoms with E-state index in [1.54, 1.807) is 31.4 Å². The number of para-hydroxylation sites is 2. The van der Waals surface area contributed by atoms with Gasteiger partial charge in [-0.2, -0.15) is 0 Å². The van der Waals surface area contributed by atoms with Gasteiger partial charge in [-0.25, -0.2) is 5.84 Å². The van der Waals surface area contributed by atoms with Crippen molar-refractivity contribution in [3.8, 4) is 23.0 Å². The van der Waals surface area contributed by atoms with Gasteiger partial charge in [0.05, 0.1) is 44.9 Å². The summed E-state index contributed by atoms with van der Waals surface area (Å²) in [5.41, 5.74) is 3.19. The number of rotatable bonds is 6. The molecule has 0 saturated heterocycles. The molecule has 6 fully saturated rings. The third kappa shape index (κ3) is 9.82. The summed E-state index contributed by atoms with van der Waals surface area (Å²) in [4.78, 5) is 24.0. The Labute approximate surface area is 323 Å². The molecule has 53 heavy (non-hydrogen) atoms. The van der Waals surface area contributed by atoms with Gasteiger partial charge in [0.2, 0.25) is 5.89 Å². The number of nitrogen functional groups attached to an aromatic ring is 1. The van der Waals surface area contributed by atoms with E-state index < -0.39 is 5.97 Å². The molecular weight excluding hydrogens is 719 g/mol. The second kappa shape index (κ2) is 18.9. The molecule has 0 radical (unpaired) electrons. The molecule has 0 unspecified atom stereocenters. The van der Waals surface area contributed by atoms with E-state index in [0.29, 0.717) is 17.2 Å². The average molecular weight is 774 g/mol. The summed E-state index contributed by atoms with van der Waals surface area (Å²) in [5.74, 6) is 8.56. The second-order valence-electron chi connectivity index (χ2n) is 14.7. The zero-order valence-electron chi connectivity index (χ0n) is 31.3. The van der Waals surface area contributed by atoms with Crippen LogP contribution in [0.15, 0.2) is 52.9 Å². The highest BCUT2D eigenvalue weighted by atomic mass is 35.5. The molecule has 4 bridgehead atoms. The molecule has 2 heterocycles. The quantitative estimate of drug-likeness (QED) is 0.112. The molecule has 0 atom stereocenters. The number of methoxy groups -OCH3 is 2. The minimum atomic E-state index is -0.546. The molecule has 10 rings (SSSR count). The Kier molecular flexibility index (Phi) is 15.0. The van der Waals surface area contributed by atoms with Crippen molar-refractivity contribution in [2.24, 2.45) is 23.1 Å². The fourth-order valence-corrected chi connectivity index (χ4v) is 8.36. The molecule has 2 aromatic carbocycles. The fourth-order valence-electron chi connectivity index (χ4n) is 8.19. The first-order valence-electron chi connectivity index (χ1n) is 18.3. The van der Waals surface area contributed by atoms with Crippen LogP contribution in [-0.4, -0.2) is 83.4 Å². The molecule has 1 aliphatic heterocycles. The summed E-state index contributed by atoms with van der Waals surface area (Å²) in [5, 5.41) is 18.5. The molecule has 3 aromatic rings. The van der Waals surface area contributed by atoms with Gasteiger partial charge in [0.25, 0.3) is 11.8 Å². The first kappa shape index (κ1) is 41.9. The second-order valence-corrected chi connectivity index (χ2v) is 15.1. The summed E-state index contributed by atoms with van der Waals surface area (Å²) in [6.45, 7) is 2.10. The Morgan fingerprint density at radius 1 is 0.906 bits per heavy atom. The molecule has 4 N–H and O–H groups in total. The molecule has 12 nitrogen and oxygen atoms in total. The number of fused-ring (bicyclic) bond motifs is 6. The number of ether oxygens (including phenoxy) is 2. The number of aromatic nitrogens is 2. The first-order valence-corrected chi connectivity index (χ1v) is 18.7. The lowest BCUT2D eigenvalue weighted by Crippen LogP contribution is -3.00. The minimum Gasteiger partial charge on any atom is -1.00 e. The van der Waals surface area contributed by atoms with E-state index in [1.807, 2.05) is 53.3 Å². The van der Waals surface area contributed by atoms with Crippen molar-refractivity contribution in [1.82, 2.24) is 20.5 Å². The molecule has 7 aliphatic rings. The van der Waals surface area contributed by atoms with Crippen molar-refractivity contribution in [3.63, 3.8) is 0 Å². The third-order valence-corrected chi connectivity index (χ3v) is 12.3. The molecule has 1 aromatic heterocycles. The first-order chi connectivity index (χ1) is 25.0. The number of nitrogens with two attached hydrogens (primary N) is 1. The van der Waals surface area contributed by atoms with E-state index in [9.17, 15) is 9.59 Å². The number of nitrogens with zero attached hydrogens (tertiary/aromatic N) is 4. The van der Waals surface area contributed by atoms with Crippen molar-refractivity contribution < 1.29 is 45.6 Å². The Morgan fingerprint density at radius 3 is 1.89 bits per heavy atom. The highest BCUT2D eigenvalue weighted by Gasteiger charge is 2.46. The van der Waals surface area contributed by atoms with Gasteiger partial charge in [0, 0.05) is 17.0 Å². The van der Waals surface area contributed by atoms with Crippen LogP contribution in [0.5, 0.6) is 11.5 Å². The van der Waals surface area contributed by atoms with Crippen LogP contribution in [-0.2, 0) is 10.2 Å². The highest BCUT2D eigenvalue weighted by Crippen LogP contribution is 2.52. The Bertz CT molecular complexity index is 1670. The monoisotopic (exact) mass is 772 g/mol. The van der Waals surface area contributed by atoms with Gasteiger partial charge in [-0.05, 0) is 113 Å². The minimum absolute atomic E-state index is 0. The number of nitrogens with one attached hydrogen (secondary N) is 1. The van der Waals surface area contributed by atoms with Crippen LogP contribution in [0.25, 0.3) is 11.5 Å². The molecule has 0 spiro atoms. The van der Waals surface area contributed by atoms with Crippen molar-refractivity contribution in [2.75, 3.05) is 41.4 Å². The largest absolute Gasteiger partial charge is 1.00 e. The zero-order chi connectivity index (χ0) is 37.3. The van der Waals surface area contributed by atoms with Crippen LogP contribution in [0.1, 0.15) is 93.3 Å². The van der Waals surface area contributed by atoms with Crippen molar-refractivity contribution in [2.45, 2.75) is 82.5 Å². The van der Waals surface area contributed by atoms with Gasteiger partial charge in [0.1, 0.15) is 24.6 Å². The van der Waals surface area contributed by atoms with Crippen LogP contribution in [0.3, 0.4) is 0 Å². The van der Waals surface area contributed by atoms with E-state index in [0.717, 1.165) is 85.9 Å². The highest BCUT2D eigenvalue weighted by molar-refractivity contribution is 6.63. The van der Waals surface area contributed by atoms with Gasteiger partial charge in [-0.1, -0.05) is 24.3 Å². The van der Waals surface area contributed by atoms with Gasteiger partial charge in [-0.15, -0.1) is 10.2 Å². The number of carbonyl (C=O) groups is 2. The van der Waals surface area contributed by atoms with Crippen molar-refractivity contribution in [1.29, 1.82) is 0 Å². The number of amidine groups is 1. The zero-order valence-corrected chi connectivity index (χ0v) is 32.8. The van der Waals surface area contributed by atoms with Gasteiger partial charge >= 0.3 is 11.3 Å². The smallest absolute Gasteiger partial charge is 0.344 e. The van der Waals surface area contributed by atoms with Crippen LogP contribution in [0.2, 0.25) is 0 Å². The Hall–Kier alpha value is -3.87. The lowest BCUT2D eigenvalue weighted by molar-refractivity contribution is -0.484. The standard InChI is InChI=1S/C17H20N2O2.C9H14O2.C8H10N2O2.C5H10ClN2.ClH/c1-20-14-5-3-2-4-13(14)15-18-19-16(21-15)17-9-6-12(7-10-17)8-11-17;10-8(11)9-4-1-7(2-5-9)3-6-9;1-12-7-5-3-2-4-6(7)8(11)10-9;1-7-3-4-8(2)5(7)6;/h2-5,12H,6-11H2,1H3;7H,1-6H2,(H,10,11);2-5H,9H2,1H3,(H,10,11);3-4H2,1-2H3;1H/q;;;+1;/p-1. The van der Waals surface area contributed by atoms with Gasteiger partial charge < -0.3 is 31.4 Å². The van der Waals surface area contributed by atoms with Gasteiger partial charge in [-0.3, -0.25) is 24.5 Å². The summed E-state index contributed by atoms with van der Waals surface area (Å²) < 4.78 is 18.4. The summed E-state index contributed by atoms with van der Waals surface area (Å²) in [7, 11) is 7.15. The SMILES string of the molecule is CN1CC[N+](C)=C1Cl.COc1ccccc1-c1nnc(C23CCC(CC2)CC3)o1.COc1ccccc1C(=O)NN.O=C(O)C12CCC(CC1)CC2.[Cl-]. The maximum atomic E-state index is 11.1. The predicted octanol–water partition coefficient (Wildman–Crippen LogP) is 3.48. The normalized spacial score (nSPS) is 25.0. The van der Waals surface area contributed by atoms with Crippen molar-refractivity contribution in [3.05, 3.63) is 60.0 Å². The van der Waals surface area contributed by atoms with E-state index in [2.05, 4.69) is 10.2 Å². The summed E-state index contributed by atoms with van der Waals surface area (Å²) in [6, 6.07) is 14.7. The number of aliphatic carboxylic acids is 1. The van der Waals surface area contributed by atoms with Crippen LogP contribution in [0, 0.1) is 17.3 Å². The van der Waals surface area contributed by atoms with Gasteiger partial charge in [0.15, 0.2) is 0 Å². The van der Waals surface area contributed by atoms with Crippen LogP contribution < -0.4 is 33.1 Å². The number of hydrogen-bond acceptors (Lipinski definition) is 9. The van der Waals surface area contributed by atoms with Crippen LogP contribution in [0.4, 0.5) is 0 Å². The number of carboxylic acids is 1. The van der Waals surface area contributed by atoms with Crippen LogP contribution >= 0.6 is 11.6 Å².